The van der Waals surface area contributed by atoms with Gasteiger partial charge in [0.15, 0.2) is 0 Å². The second-order valence-corrected chi connectivity index (χ2v) is 5.29. The van der Waals surface area contributed by atoms with Gasteiger partial charge in [-0.05, 0) is 39.0 Å². The fourth-order valence-electron chi connectivity index (χ4n) is 2.05. The molecule has 1 amide bonds. The summed E-state index contributed by atoms with van der Waals surface area (Å²) >= 11 is 0. The van der Waals surface area contributed by atoms with Gasteiger partial charge in [0.05, 0.1) is 0 Å². The van der Waals surface area contributed by atoms with Crippen molar-refractivity contribution in [2.45, 2.75) is 46.0 Å². The highest BCUT2D eigenvalue weighted by Gasteiger charge is 2.32. The minimum atomic E-state index is 0.292. The smallest absolute Gasteiger partial charge is 0.226 e. The van der Waals surface area contributed by atoms with Crippen LogP contribution >= 0.6 is 0 Å². The van der Waals surface area contributed by atoms with Crippen LogP contribution in [0.3, 0.4) is 0 Å². The molecule has 2 nitrogen and oxygen atoms in total. The van der Waals surface area contributed by atoms with Crippen LogP contribution in [0, 0.1) is 5.92 Å². The number of carbonyl (C=O) groups excluding carboxylic acids is 1. The summed E-state index contributed by atoms with van der Waals surface area (Å²) in [6, 6.07) is 0. The maximum atomic E-state index is 12.1. The molecule has 0 aromatic heterocycles. The molecule has 1 rings (SSSR count). The van der Waals surface area contributed by atoms with E-state index in [-0.39, 0.29) is 0 Å². The lowest BCUT2D eigenvalue weighted by atomic mass is 10.2. The van der Waals surface area contributed by atoms with Gasteiger partial charge in [-0.3, -0.25) is 4.79 Å². The van der Waals surface area contributed by atoms with Crippen LogP contribution in [0.1, 0.15) is 46.0 Å². The Morgan fingerprint density at radius 3 is 2.63 bits per heavy atom. The maximum Gasteiger partial charge on any atom is 0.226 e. The van der Waals surface area contributed by atoms with Crippen LogP contribution in [0.15, 0.2) is 36.5 Å². The molecule has 2 heteroatoms. The van der Waals surface area contributed by atoms with Crippen molar-refractivity contribution >= 4 is 5.91 Å². The Balaban J connectivity index is 2.38. The van der Waals surface area contributed by atoms with Crippen LogP contribution < -0.4 is 0 Å². The lowest BCUT2D eigenvalue weighted by Crippen LogP contribution is -2.33. The van der Waals surface area contributed by atoms with Gasteiger partial charge in [0.1, 0.15) is 0 Å². The average Bonchev–Trinajstić information content (AvgIpc) is 3.21. The summed E-state index contributed by atoms with van der Waals surface area (Å²) in [5, 5.41) is 0. The Kier molecular flexibility index (Phi) is 7.24. The van der Waals surface area contributed by atoms with Crippen molar-refractivity contribution in [1.29, 1.82) is 0 Å². The Hall–Kier alpha value is -1.31. The molecule has 1 saturated carbocycles. The van der Waals surface area contributed by atoms with E-state index in [1.165, 1.54) is 5.57 Å². The summed E-state index contributed by atoms with van der Waals surface area (Å²) in [5.41, 5.74) is 1.28. The second-order valence-electron chi connectivity index (χ2n) is 5.29. The number of carbonyl (C=O) groups is 1. The molecule has 1 aliphatic carbocycles. The third-order valence-electron chi connectivity index (χ3n) is 3.26. The molecule has 0 spiro atoms. The number of unbranched alkanes of at least 4 members (excludes halogenated alkanes) is 1. The van der Waals surface area contributed by atoms with E-state index in [4.69, 9.17) is 0 Å². The number of hydrogen-bond acceptors (Lipinski definition) is 1. The monoisotopic (exact) mass is 261 g/mol. The molecule has 0 N–H and O–H groups in total. The quantitative estimate of drug-likeness (QED) is 0.452. The first-order chi connectivity index (χ1) is 9.19. The number of amides is 1. The molecule has 0 aromatic carbocycles. The lowest BCUT2D eigenvalue weighted by Gasteiger charge is -2.21. The van der Waals surface area contributed by atoms with Crippen molar-refractivity contribution < 1.29 is 4.79 Å². The van der Waals surface area contributed by atoms with Crippen molar-refractivity contribution in [3.05, 3.63) is 36.5 Å². The summed E-state index contributed by atoms with van der Waals surface area (Å²) in [4.78, 5) is 14.0. The number of rotatable bonds is 9. The number of hydrogen-bond donors (Lipinski definition) is 0. The van der Waals surface area contributed by atoms with Gasteiger partial charge >= 0.3 is 0 Å². The molecule has 0 atom stereocenters. The van der Waals surface area contributed by atoms with Gasteiger partial charge in [-0.25, -0.2) is 0 Å². The van der Waals surface area contributed by atoms with E-state index >= 15 is 0 Å². The highest BCUT2D eigenvalue weighted by atomic mass is 16.2. The van der Waals surface area contributed by atoms with Crippen molar-refractivity contribution in [3.63, 3.8) is 0 Å². The van der Waals surface area contributed by atoms with Crippen LogP contribution in [-0.2, 0) is 4.79 Å². The standard InChI is InChI=1S/C17H27NO/c1-4-6-7-8-9-10-15(3)14-18(13-5-2)17(19)16-11-12-16/h5-7,10,16H,2,4,8-9,11-14H2,1,3H3/b7-6-,15-10+. The highest BCUT2D eigenvalue weighted by molar-refractivity contribution is 5.81. The fourth-order valence-corrected chi connectivity index (χ4v) is 2.05. The van der Waals surface area contributed by atoms with Gasteiger partial charge in [-0.15, -0.1) is 6.58 Å². The van der Waals surface area contributed by atoms with Crippen molar-refractivity contribution in [1.82, 2.24) is 4.90 Å². The molecule has 1 aliphatic rings. The minimum Gasteiger partial charge on any atom is -0.335 e. The van der Waals surface area contributed by atoms with E-state index < -0.39 is 0 Å². The lowest BCUT2D eigenvalue weighted by molar-refractivity contribution is -0.131. The highest BCUT2D eigenvalue weighted by Crippen LogP contribution is 2.31. The first-order valence-electron chi connectivity index (χ1n) is 7.39. The normalized spacial score (nSPS) is 15.8. The molecule has 0 aliphatic heterocycles. The van der Waals surface area contributed by atoms with Crippen molar-refractivity contribution in [2.24, 2.45) is 5.92 Å². The summed E-state index contributed by atoms with van der Waals surface area (Å²) in [6.45, 7) is 9.41. The molecule has 0 bridgehead atoms. The average molecular weight is 261 g/mol. The summed E-state index contributed by atoms with van der Waals surface area (Å²) in [5.74, 6) is 0.596. The van der Waals surface area contributed by atoms with Gasteiger partial charge in [0.25, 0.3) is 0 Å². The van der Waals surface area contributed by atoms with Gasteiger partial charge in [-0.2, -0.15) is 0 Å². The van der Waals surface area contributed by atoms with Crippen molar-refractivity contribution in [2.75, 3.05) is 13.1 Å². The Morgan fingerprint density at radius 1 is 1.32 bits per heavy atom. The molecular formula is C17H27NO. The minimum absolute atomic E-state index is 0.292. The first-order valence-corrected chi connectivity index (χ1v) is 7.39. The Morgan fingerprint density at radius 2 is 2.05 bits per heavy atom. The van der Waals surface area contributed by atoms with Crippen LogP contribution in [0.5, 0.6) is 0 Å². The Bertz CT molecular complexity index is 350. The molecule has 106 valence electrons. The van der Waals surface area contributed by atoms with E-state index in [0.717, 1.165) is 38.6 Å². The third-order valence-corrected chi connectivity index (χ3v) is 3.26. The molecule has 0 saturated heterocycles. The van der Waals surface area contributed by atoms with Crippen LogP contribution in [0.2, 0.25) is 0 Å². The molecule has 0 unspecified atom stereocenters. The zero-order valence-corrected chi connectivity index (χ0v) is 12.4. The molecule has 1 fully saturated rings. The van der Waals surface area contributed by atoms with E-state index in [1.807, 2.05) is 11.0 Å². The predicted octanol–water partition coefficient (Wildman–Crippen LogP) is 4.10. The molecule has 0 heterocycles. The largest absolute Gasteiger partial charge is 0.335 e. The second kappa shape index (κ2) is 8.73. The SMILES string of the molecule is C=CCN(C/C(C)=C/CC/C=C\CC)C(=O)C1CC1. The van der Waals surface area contributed by atoms with E-state index in [2.05, 4.69) is 38.7 Å². The zero-order chi connectivity index (χ0) is 14.1. The molecule has 0 radical (unpaired) electrons. The van der Waals surface area contributed by atoms with Gasteiger partial charge in [0.2, 0.25) is 5.91 Å². The topological polar surface area (TPSA) is 20.3 Å². The van der Waals surface area contributed by atoms with Gasteiger partial charge in [0, 0.05) is 19.0 Å². The van der Waals surface area contributed by atoms with E-state index in [1.54, 1.807) is 0 Å². The van der Waals surface area contributed by atoms with Crippen LogP contribution in [-0.4, -0.2) is 23.9 Å². The van der Waals surface area contributed by atoms with E-state index in [0.29, 0.717) is 18.4 Å². The van der Waals surface area contributed by atoms with Gasteiger partial charge in [-0.1, -0.05) is 36.8 Å². The van der Waals surface area contributed by atoms with Crippen LogP contribution in [0.4, 0.5) is 0 Å². The van der Waals surface area contributed by atoms with E-state index in [9.17, 15) is 4.79 Å². The molecule has 19 heavy (non-hydrogen) atoms. The third kappa shape index (κ3) is 6.42. The summed E-state index contributed by atoms with van der Waals surface area (Å²) in [7, 11) is 0. The maximum absolute atomic E-state index is 12.1. The fraction of sp³-hybridized carbons (Fsp3) is 0.588. The summed E-state index contributed by atoms with van der Waals surface area (Å²) < 4.78 is 0. The van der Waals surface area contributed by atoms with Gasteiger partial charge < -0.3 is 4.90 Å². The number of nitrogens with zero attached hydrogens (tertiary/aromatic N) is 1. The molecular weight excluding hydrogens is 234 g/mol. The van der Waals surface area contributed by atoms with Crippen molar-refractivity contribution in [3.8, 4) is 0 Å². The number of allylic oxidation sites excluding steroid dienone is 3. The predicted molar refractivity (Wildman–Crippen MR) is 81.9 cm³/mol. The summed E-state index contributed by atoms with van der Waals surface area (Å²) in [6.07, 6.45) is 13.9. The zero-order valence-electron chi connectivity index (χ0n) is 12.4. The Labute approximate surface area is 117 Å². The van der Waals surface area contributed by atoms with Crippen LogP contribution in [0.25, 0.3) is 0 Å². The first kappa shape index (κ1) is 15.7. The molecule has 0 aromatic rings.